The van der Waals surface area contributed by atoms with Crippen molar-refractivity contribution >= 4 is 23.6 Å². The number of nitrogens with zero attached hydrogens (tertiary/aromatic N) is 2. The number of carbonyl (C=O) groups is 2. The number of rotatable bonds is 6. The Morgan fingerprint density at radius 2 is 1.97 bits per heavy atom. The van der Waals surface area contributed by atoms with Crippen molar-refractivity contribution in [3.8, 4) is 6.07 Å². The fourth-order valence-electron chi connectivity index (χ4n) is 3.74. The van der Waals surface area contributed by atoms with Crippen LogP contribution in [0.25, 0.3) is 5.57 Å². The fraction of sp³-hybridized carbons (Fsp3) is 0.240. The highest BCUT2D eigenvalue weighted by Crippen LogP contribution is 2.35. The van der Waals surface area contributed by atoms with Gasteiger partial charge in [0.1, 0.15) is 0 Å². The van der Waals surface area contributed by atoms with E-state index in [1.807, 2.05) is 62.5 Å². The molecule has 0 spiro atoms. The highest BCUT2D eigenvalue weighted by Gasteiger charge is 2.22. The molecule has 2 aromatic carbocycles. The number of anilines is 1. The summed E-state index contributed by atoms with van der Waals surface area (Å²) in [6.45, 7) is 4.02. The summed E-state index contributed by atoms with van der Waals surface area (Å²) in [6, 6.07) is 13.8. The van der Waals surface area contributed by atoms with Crippen LogP contribution >= 0.6 is 0 Å². The van der Waals surface area contributed by atoms with Crippen LogP contribution in [0.4, 0.5) is 5.69 Å². The summed E-state index contributed by atoms with van der Waals surface area (Å²) in [6.07, 6.45) is 6.26. The Morgan fingerprint density at radius 1 is 1.20 bits per heavy atom. The molecule has 1 N–H and O–H groups in total. The Hall–Kier alpha value is -3.65. The molecule has 5 nitrogen and oxygen atoms in total. The summed E-state index contributed by atoms with van der Waals surface area (Å²) >= 11 is 0. The van der Waals surface area contributed by atoms with Crippen LogP contribution in [-0.4, -0.2) is 24.3 Å². The van der Waals surface area contributed by atoms with Gasteiger partial charge in [-0.1, -0.05) is 35.9 Å². The van der Waals surface area contributed by atoms with Crippen molar-refractivity contribution < 1.29 is 9.59 Å². The Morgan fingerprint density at radius 3 is 2.67 bits per heavy atom. The maximum absolute atomic E-state index is 11.9. The first kappa shape index (κ1) is 21.1. The summed E-state index contributed by atoms with van der Waals surface area (Å²) in [5, 5.41) is 12.5. The van der Waals surface area contributed by atoms with Crippen LogP contribution in [0.1, 0.15) is 48.1 Å². The molecule has 1 aliphatic rings. The second kappa shape index (κ2) is 9.23. The van der Waals surface area contributed by atoms with Gasteiger partial charge in [0.05, 0.1) is 11.6 Å². The van der Waals surface area contributed by atoms with Gasteiger partial charge in [0, 0.05) is 25.4 Å². The monoisotopic (exact) mass is 399 g/mol. The minimum Gasteiger partial charge on any atom is -0.326 e. The molecule has 0 fully saturated rings. The lowest BCUT2D eigenvalue weighted by atomic mass is 9.85. The quantitative estimate of drug-likeness (QED) is 0.577. The number of nitrogens with one attached hydrogen (secondary N) is 1. The summed E-state index contributed by atoms with van der Waals surface area (Å²) < 4.78 is 0. The van der Waals surface area contributed by atoms with Crippen LogP contribution in [0.15, 0.2) is 54.2 Å². The standard InChI is InChI=1S/C25H25N3O2/c1-17(2)12-20(15-28(3)16-29)21-8-10-24-22(9-11-25(30)27-24)23(21)13-18-6-4-5-7-19(18)14-26/h4-8,10,12,15-16H,9,11,13H2,1-3H3,(H,27,30)/b20-15+. The van der Waals surface area contributed by atoms with E-state index in [1.54, 1.807) is 7.05 Å². The van der Waals surface area contributed by atoms with Crippen molar-refractivity contribution in [1.29, 1.82) is 5.26 Å². The number of fused-ring (bicyclic) bond motifs is 1. The zero-order valence-electron chi connectivity index (χ0n) is 17.5. The maximum Gasteiger partial charge on any atom is 0.224 e. The second-order valence-electron chi connectivity index (χ2n) is 7.69. The first-order valence-corrected chi connectivity index (χ1v) is 9.90. The van der Waals surface area contributed by atoms with Gasteiger partial charge in [-0.25, -0.2) is 0 Å². The lowest BCUT2D eigenvalue weighted by Crippen LogP contribution is -2.21. The van der Waals surface area contributed by atoms with Gasteiger partial charge in [0.15, 0.2) is 0 Å². The number of hydrogen-bond acceptors (Lipinski definition) is 3. The zero-order valence-corrected chi connectivity index (χ0v) is 17.5. The number of hydrogen-bond donors (Lipinski definition) is 1. The normalized spacial score (nSPS) is 13.0. The van der Waals surface area contributed by atoms with Gasteiger partial charge in [-0.05, 0) is 66.6 Å². The summed E-state index contributed by atoms with van der Waals surface area (Å²) in [4.78, 5) is 24.7. The third-order valence-corrected chi connectivity index (χ3v) is 5.08. The number of allylic oxidation sites excluding steroid dienone is 3. The molecule has 5 heteroatoms. The van der Waals surface area contributed by atoms with E-state index >= 15 is 0 Å². The molecule has 3 rings (SSSR count). The highest BCUT2D eigenvalue weighted by atomic mass is 16.1. The SMILES string of the molecule is CC(C)=C/C(=C\N(C)C=O)c1ccc2c(c1Cc1ccccc1C#N)CCC(=O)N2. The van der Waals surface area contributed by atoms with Gasteiger partial charge in [0.25, 0.3) is 0 Å². The molecule has 2 aromatic rings. The highest BCUT2D eigenvalue weighted by molar-refractivity contribution is 5.95. The molecule has 2 amide bonds. The lowest BCUT2D eigenvalue weighted by Gasteiger charge is -2.24. The van der Waals surface area contributed by atoms with E-state index in [-0.39, 0.29) is 5.91 Å². The van der Waals surface area contributed by atoms with E-state index < -0.39 is 0 Å². The molecule has 0 aromatic heterocycles. The smallest absolute Gasteiger partial charge is 0.224 e. The third kappa shape index (κ3) is 4.66. The number of carbonyl (C=O) groups excluding carboxylic acids is 2. The average molecular weight is 399 g/mol. The van der Waals surface area contributed by atoms with Crippen LogP contribution < -0.4 is 5.32 Å². The van der Waals surface area contributed by atoms with E-state index in [0.29, 0.717) is 24.8 Å². The van der Waals surface area contributed by atoms with Crippen LogP contribution in [0.2, 0.25) is 0 Å². The van der Waals surface area contributed by atoms with E-state index in [9.17, 15) is 14.9 Å². The minimum atomic E-state index is 0.0133. The zero-order chi connectivity index (χ0) is 21.7. The Balaban J connectivity index is 2.23. The third-order valence-electron chi connectivity index (χ3n) is 5.08. The lowest BCUT2D eigenvalue weighted by molar-refractivity contribution is -0.116. The van der Waals surface area contributed by atoms with Gasteiger partial charge < -0.3 is 10.2 Å². The van der Waals surface area contributed by atoms with E-state index in [1.165, 1.54) is 4.90 Å². The topological polar surface area (TPSA) is 73.2 Å². The first-order valence-electron chi connectivity index (χ1n) is 9.90. The van der Waals surface area contributed by atoms with Crippen molar-refractivity contribution in [2.45, 2.75) is 33.1 Å². The number of amides is 2. The van der Waals surface area contributed by atoms with Crippen LogP contribution in [0.5, 0.6) is 0 Å². The number of nitriles is 1. The summed E-state index contributed by atoms with van der Waals surface area (Å²) in [5.41, 5.74) is 7.56. The summed E-state index contributed by atoms with van der Waals surface area (Å²) in [7, 11) is 1.70. The molecule has 152 valence electrons. The van der Waals surface area contributed by atoms with E-state index in [4.69, 9.17) is 0 Å². The molecule has 1 aliphatic heterocycles. The van der Waals surface area contributed by atoms with Crippen molar-refractivity contribution in [2.75, 3.05) is 12.4 Å². The largest absolute Gasteiger partial charge is 0.326 e. The molecule has 30 heavy (non-hydrogen) atoms. The molecular formula is C25H25N3O2. The molecule has 0 aliphatic carbocycles. The first-order chi connectivity index (χ1) is 14.4. The Kier molecular flexibility index (Phi) is 6.48. The van der Waals surface area contributed by atoms with Gasteiger partial charge in [0.2, 0.25) is 12.3 Å². The second-order valence-corrected chi connectivity index (χ2v) is 7.69. The molecular weight excluding hydrogens is 374 g/mol. The van der Waals surface area contributed by atoms with Crippen molar-refractivity contribution in [3.63, 3.8) is 0 Å². The maximum atomic E-state index is 11.9. The van der Waals surface area contributed by atoms with Crippen LogP contribution in [-0.2, 0) is 22.4 Å². The molecule has 0 saturated heterocycles. The minimum absolute atomic E-state index is 0.0133. The van der Waals surface area contributed by atoms with Crippen molar-refractivity contribution in [2.24, 2.45) is 0 Å². The van der Waals surface area contributed by atoms with Gasteiger partial charge in [-0.15, -0.1) is 0 Å². The molecule has 1 heterocycles. The molecule has 0 radical (unpaired) electrons. The van der Waals surface area contributed by atoms with Crippen LogP contribution in [0.3, 0.4) is 0 Å². The Bertz CT molecular complexity index is 1090. The summed E-state index contributed by atoms with van der Waals surface area (Å²) in [5.74, 6) is 0.0133. The van der Waals surface area contributed by atoms with Gasteiger partial charge in [-0.2, -0.15) is 5.26 Å². The van der Waals surface area contributed by atoms with Gasteiger partial charge >= 0.3 is 0 Å². The van der Waals surface area contributed by atoms with E-state index in [2.05, 4.69) is 11.4 Å². The molecule has 0 atom stereocenters. The van der Waals surface area contributed by atoms with Gasteiger partial charge in [-0.3, -0.25) is 9.59 Å². The van der Waals surface area contributed by atoms with E-state index in [0.717, 1.165) is 45.5 Å². The predicted octanol–water partition coefficient (Wildman–Crippen LogP) is 4.43. The number of benzene rings is 2. The molecule has 0 saturated carbocycles. The van der Waals surface area contributed by atoms with Crippen molar-refractivity contribution in [3.05, 3.63) is 82.1 Å². The molecule has 0 bridgehead atoms. The van der Waals surface area contributed by atoms with Crippen molar-refractivity contribution in [1.82, 2.24) is 4.90 Å². The average Bonchev–Trinajstić information content (AvgIpc) is 2.73. The predicted molar refractivity (Wildman–Crippen MR) is 119 cm³/mol. The Labute approximate surface area is 177 Å². The van der Waals surface area contributed by atoms with Crippen LogP contribution in [0, 0.1) is 11.3 Å². The molecule has 0 unspecified atom stereocenters. The fourth-order valence-corrected chi connectivity index (χ4v) is 3.74.